The average Bonchev–Trinajstić information content (AvgIpc) is 3.30. The molecule has 0 radical (unpaired) electrons. The van der Waals surface area contributed by atoms with E-state index in [0.717, 1.165) is 16.7 Å². The quantitative estimate of drug-likeness (QED) is 0.493. The van der Waals surface area contributed by atoms with E-state index in [1.165, 1.54) is 23.5 Å². The molecule has 32 heavy (non-hydrogen) atoms. The zero-order valence-corrected chi connectivity index (χ0v) is 18.3. The lowest BCUT2D eigenvalue weighted by atomic mass is 9.97. The van der Waals surface area contributed by atoms with Gasteiger partial charge < -0.3 is 10.6 Å². The Morgan fingerprint density at radius 1 is 1.12 bits per heavy atom. The van der Waals surface area contributed by atoms with Crippen molar-refractivity contribution in [1.29, 1.82) is 0 Å². The van der Waals surface area contributed by atoms with Crippen molar-refractivity contribution in [2.24, 2.45) is 0 Å². The molecule has 1 aromatic heterocycles. The highest BCUT2D eigenvalue weighted by molar-refractivity contribution is 7.86. The molecule has 3 N–H and O–H groups in total. The number of nitrogens with one attached hydrogen (secondary N) is 3. The van der Waals surface area contributed by atoms with E-state index in [4.69, 9.17) is 0 Å². The Morgan fingerprint density at radius 2 is 1.91 bits per heavy atom. The number of benzene rings is 2. The fourth-order valence-electron chi connectivity index (χ4n) is 3.25. The number of rotatable bonds is 5. The molecule has 1 unspecified atom stereocenters. The number of nitrogens with zero attached hydrogens (tertiary/aromatic N) is 1. The van der Waals surface area contributed by atoms with Crippen LogP contribution in [0.5, 0.6) is 0 Å². The fourth-order valence-corrected chi connectivity index (χ4v) is 4.86. The van der Waals surface area contributed by atoms with E-state index in [1.807, 2.05) is 0 Å². The molecule has 2 heterocycles. The van der Waals surface area contributed by atoms with Gasteiger partial charge in [-0.1, -0.05) is 6.07 Å². The van der Waals surface area contributed by atoms with Crippen LogP contribution in [0.3, 0.4) is 0 Å². The van der Waals surface area contributed by atoms with Crippen LogP contribution in [-0.2, 0) is 22.2 Å². The first-order chi connectivity index (χ1) is 15.4. The summed E-state index contributed by atoms with van der Waals surface area (Å²) in [6, 6.07) is 11.1. The molecule has 0 saturated carbocycles. The van der Waals surface area contributed by atoms with Gasteiger partial charge in [0.15, 0.2) is 11.0 Å². The highest BCUT2D eigenvalue weighted by Crippen LogP contribution is 2.30. The summed E-state index contributed by atoms with van der Waals surface area (Å²) in [6.45, 7) is 0. The van der Waals surface area contributed by atoms with Gasteiger partial charge in [-0.05, 0) is 53.4 Å². The van der Waals surface area contributed by atoms with E-state index in [0.29, 0.717) is 15.3 Å². The molecule has 0 saturated heterocycles. The van der Waals surface area contributed by atoms with Crippen molar-refractivity contribution in [2.75, 3.05) is 22.6 Å². The Hall–Kier alpha value is -3.57. The Morgan fingerprint density at radius 3 is 2.59 bits per heavy atom. The summed E-state index contributed by atoms with van der Waals surface area (Å²) in [5.41, 5.74) is 1.51. The number of carbonyl (C=O) groups excluding carboxylic acids is 3. The van der Waals surface area contributed by atoms with Crippen LogP contribution in [0.2, 0.25) is 0 Å². The van der Waals surface area contributed by atoms with E-state index in [-0.39, 0.29) is 17.8 Å². The number of fused-ring (bicyclic) bond motifs is 1. The smallest absolute Gasteiger partial charge is 0.331 e. The lowest BCUT2D eigenvalue weighted by molar-refractivity contribution is -0.117. The van der Waals surface area contributed by atoms with Crippen LogP contribution in [0.4, 0.5) is 26.2 Å². The Labute approximate surface area is 189 Å². The predicted octanol–water partition coefficient (Wildman–Crippen LogP) is 3.50. The maximum Gasteiger partial charge on any atom is 0.331 e. The minimum atomic E-state index is -1.74. The highest BCUT2D eigenvalue weighted by atomic mass is 32.2. The molecule has 0 spiro atoms. The lowest BCUT2D eigenvalue weighted by Crippen LogP contribution is -2.43. The lowest BCUT2D eigenvalue weighted by Gasteiger charge is -2.27. The first-order valence-electron chi connectivity index (χ1n) is 9.38. The molecule has 0 aliphatic carbocycles. The molecule has 3 aromatic rings. The monoisotopic (exact) mass is 472 g/mol. The Bertz CT molecular complexity index is 1250. The molecule has 1 atom stereocenters. The van der Waals surface area contributed by atoms with Crippen LogP contribution in [0.1, 0.15) is 15.9 Å². The second-order valence-electron chi connectivity index (χ2n) is 6.76. The van der Waals surface area contributed by atoms with E-state index in [2.05, 4.69) is 15.4 Å². The summed E-state index contributed by atoms with van der Waals surface area (Å²) in [6.07, 6.45) is -0.0486. The number of imide groups is 1. The van der Waals surface area contributed by atoms with Gasteiger partial charge in [-0.2, -0.15) is 0 Å². The van der Waals surface area contributed by atoms with Crippen LogP contribution < -0.4 is 20.3 Å². The highest BCUT2D eigenvalue weighted by Gasteiger charge is 2.33. The summed E-state index contributed by atoms with van der Waals surface area (Å²) in [5, 5.41) is 7.05. The van der Waals surface area contributed by atoms with Gasteiger partial charge in [0, 0.05) is 24.0 Å². The molecule has 2 aromatic carbocycles. The number of thiophene rings is 1. The molecule has 164 valence electrons. The van der Waals surface area contributed by atoms with Crippen molar-refractivity contribution < 1.29 is 23.0 Å². The minimum Gasteiger partial charge on any atom is -0.388 e. The van der Waals surface area contributed by atoms with Crippen LogP contribution in [-0.4, -0.2) is 29.1 Å². The standard InChI is InChI=1S/C21H17FN4O4S2/c1-23-13-4-6-15-12(9-13)10-18(27)26(20(15)28)17-7-5-14(11-16(17)22)24-21(29)25-32(30)19-3-2-8-31-19/h2-9,11,23H,10H2,1H3,(H2,24,25,29). The molecular formula is C21H17FN4O4S2. The molecule has 4 amide bonds. The normalized spacial score (nSPS) is 14.0. The van der Waals surface area contributed by atoms with Crippen molar-refractivity contribution in [2.45, 2.75) is 10.6 Å². The summed E-state index contributed by atoms with van der Waals surface area (Å²) in [5.74, 6) is -2.04. The zero-order valence-electron chi connectivity index (χ0n) is 16.7. The van der Waals surface area contributed by atoms with Crippen molar-refractivity contribution in [3.8, 4) is 0 Å². The number of halogens is 1. The number of carbonyl (C=O) groups is 3. The minimum absolute atomic E-state index is 0.0486. The molecule has 8 nitrogen and oxygen atoms in total. The molecule has 1 aliphatic rings. The van der Waals surface area contributed by atoms with Crippen LogP contribution >= 0.6 is 11.3 Å². The van der Waals surface area contributed by atoms with Crippen molar-refractivity contribution in [1.82, 2.24) is 4.72 Å². The Kier molecular flexibility index (Phi) is 6.01. The van der Waals surface area contributed by atoms with Crippen LogP contribution in [0, 0.1) is 5.82 Å². The third-order valence-electron chi connectivity index (χ3n) is 4.73. The van der Waals surface area contributed by atoms with E-state index >= 15 is 0 Å². The average molecular weight is 473 g/mol. The molecule has 1 aliphatic heterocycles. The van der Waals surface area contributed by atoms with E-state index < -0.39 is 34.6 Å². The van der Waals surface area contributed by atoms with Gasteiger partial charge in [0.2, 0.25) is 5.91 Å². The largest absolute Gasteiger partial charge is 0.388 e. The topological polar surface area (TPSA) is 108 Å². The molecular weight excluding hydrogens is 455 g/mol. The van der Waals surface area contributed by atoms with Gasteiger partial charge in [-0.15, -0.1) is 11.3 Å². The summed E-state index contributed by atoms with van der Waals surface area (Å²) in [7, 11) is -0.0143. The van der Waals surface area contributed by atoms with Gasteiger partial charge >= 0.3 is 6.03 Å². The summed E-state index contributed by atoms with van der Waals surface area (Å²) in [4.78, 5) is 38.4. The van der Waals surface area contributed by atoms with Gasteiger partial charge in [-0.3, -0.25) is 14.3 Å². The van der Waals surface area contributed by atoms with E-state index in [9.17, 15) is 23.0 Å². The molecule has 0 bridgehead atoms. The predicted molar refractivity (Wildman–Crippen MR) is 121 cm³/mol. The second-order valence-corrected chi connectivity index (χ2v) is 9.14. The number of hydrogen-bond acceptors (Lipinski definition) is 6. The van der Waals surface area contributed by atoms with Crippen LogP contribution in [0.15, 0.2) is 58.1 Å². The number of anilines is 3. The second kappa shape index (κ2) is 8.89. The van der Waals surface area contributed by atoms with Gasteiger partial charge in [-0.25, -0.2) is 18.3 Å². The summed E-state index contributed by atoms with van der Waals surface area (Å²) < 4.78 is 29.6. The van der Waals surface area contributed by atoms with Crippen molar-refractivity contribution >= 4 is 57.2 Å². The van der Waals surface area contributed by atoms with Crippen LogP contribution in [0.25, 0.3) is 0 Å². The SMILES string of the molecule is CNc1ccc2c(c1)CC(=O)N(c1ccc(NC(=O)NS(=O)c3cccs3)cc1F)C2=O. The van der Waals surface area contributed by atoms with Gasteiger partial charge in [0.25, 0.3) is 5.91 Å². The molecule has 4 rings (SSSR count). The number of hydrogen-bond donors (Lipinski definition) is 3. The third-order valence-corrected chi connectivity index (χ3v) is 7.00. The zero-order chi connectivity index (χ0) is 22.8. The fraction of sp³-hybridized carbons (Fsp3) is 0.0952. The van der Waals surface area contributed by atoms with E-state index in [1.54, 1.807) is 42.8 Å². The van der Waals surface area contributed by atoms with Crippen molar-refractivity contribution in [3.63, 3.8) is 0 Å². The maximum absolute atomic E-state index is 14.8. The Balaban J connectivity index is 1.51. The van der Waals surface area contributed by atoms with Gasteiger partial charge in [0.1, 0.15) is 10.0 Å². The maximum atomic E-state index is 14.8. The first kappa shape index (κ1) is 21.7. The van der Waals surface area contributed by atoms with Gasteiger partial charge in [0.05, 0.1) is 12.1 Å². The number of amides is 4. The third kappa shape index (κ3) is 4.25. The molecule has 0 fully saturated rings. The van der Waals surface area contributed by atoms with Crippen molar-refractivity contribution in [3.05, 3.63) is 70.9 Å². The first-order valence-corrected chi connectivity index (χ1v) is 11.4. The molecule has 11 heteroatoms. The number of urea groups is 1. The summed E-state index contributed by atoms with van der Waals surface area (Å²) >= 11 is 1.22.